The number of nitrogens with one attached hydrogen (secondary N) is 1. The lowest BCUT2D eigenvalue weighted by Crippen LogP contribution is -2.55. The van der Waals surface area contributed by atoms with Crippen LogP contribution in [-0.2, 0) is 39.4 Å². The van der Waals surface area contributed by atoms with E-state index in [4.69, 9.17) is 9.47 Å². The molecule has 0 aliphatic carbocycles. The highest BCUT2D eigenvalue weighted by Gasteiger charge is 2.41. The third-order valence-electron chi connectivity index (χ3n) is 7.69. The second-order valence-corrected chi connectivity index (χ2v) is 12.6. The summed E-state index contributed by atoms with van der Waals surface area (Å²) < 4.78 is 40.5. The average Bonchev–Trinajstić information content (AvgIpc) is 3.04. The van der Waals surface area contributed by atoms with E-state index in [-0.39, 0.29) is 25.5 Å². The monoisotopic (exact) mass is 613 g/mol. The minimum atomic E-state index is -4.13. The highest BCUT2D eigenvalue weighted by atomic mass is 32.2. The molecular formula is C34H35N3O6S. The summed E-state index contributed by atoms with van der Waals surface area (Å²) >= 11 is 0. The molecule has 4 aromatic carbocycles. The summed E-state index contributed by atoms with van der Waals surface area (Å²) in [7, 11) is 0.0671. The first-order valence-electron chi connectivity index (χ1n) is 14.2. The summed E-state index contributed by atoms with van der Waals surface area (Å²) in [6, 6.07) is 30.8. The lowest BCUT2D eigenvalue weighted by atomic mass is 9.86. The Balaban J connectivity index is 1.58. The Labute approximate surface area is 258 Å². The highest BCUT2D eigenvalue weighted by Crippen LogP contribution is 2.40. The molecule has 44 heavy (non-hydrogen) atoms. The van der Waals surface area contributed by atoms with E-state index in [2.05, 4.69) is 4.72 Å². The number of carbonyl (C=O) groups is 2. The maximum atomic E-state index is 14.6. The normalized spacial score (nSPS) is 14.7. The van der Waals surface area contributed by atoms with Gasteiger partial charge < -0.3 is 14.4 Å². The molecule has 10 heteroatoms. The third kappa shape index (κ3) is 6.61. The van der Waals surface area contributed by atoms with E-state index in [1.807, 2.05) is 97.1 Å². The van der Waals surface area contributed by atoms with Crippen LogP contribution in [0.5, 0.6) is 11.5 Å². The van der Waals surface area contributed by atoms with E-state index in [0.717, 1.165) is 26.6 Å². The van der Waals surface area contributed by atoms with Gasteiger partial charge >= 0.3 is 10.2 Å². The molecule has 5 rings (SSSR count). The molecule has 0 bridgehead atoms. The second kappa shape index (κ2) is 13.3. The van der Waals surface area contributed by atoms with Gasteiger partial charge in [-0.15, -0.1) is 0 Å². The number of rotatable bonds is 10. The number of fused-ring (bicyclic) bond motifs is 1. The van der Waals surface area contributed by atoms with Crippen molar-refractivity contribution in [1.82, 2.24) is 13.9 Å². The molecule has 0 saturated heterocycles. The smallest absolute Gasteiger partial charge is 0.303 e. The van der Waals surface area contributed by atoms with Crippen LogP contribution >= 0.6 is 0 Å². The lowest BCUT2D eigenvalue weighted by molar-refractivity contribution is -0.141. The predicted octanol–water partition coefficient (Wildman–Crippen LogP) is 4.28. The van der Waals surface area contributed by atoms with Gasteiger partial charge in [0, 0.05) is 32.6 Å². The van der Waals surface area contributed by atoms with Crippen LogP contribution in [0, 0.1) is 0 Å². The van der Waals surface area contributed by atoms with Crippen LogP contribution < -0.4 is 14.2 Å². The molecular weight excluding hydrogens is 578 g/mol. The topological polar surface area (TPSA) is 105 Å². The average molecular weight is 614 g/mol. The van der Waals surface area contributed by atoms with Gasteiger partial charge in [0.2, 0.25) is 5.91 Å². The maximum Gasteiger partial charge on any atom is 0.303 e. The molecule has 0 fully saturated rings. The van der Waals surface area contributed by atoms with Gasteiger partial charge in [-0.05, 0) is 28.3 Å². The molecule has 0 spiro atoms. The van der Waals surface area contributed by atoms with Gasteiger partial charge in [-0.3, -0.25) is 9.59 Å². The molecule has 0 aromatic heterocycles. The number of nitrogens with zero attached hydrogens (tertiary/aromatic N) is 2. The summed E-state index contributed by atoms with van der Waals surface area (Å²) in [4.78, 5) is 29.8. The van der Waals surface area contributed by atoms with Crippen LogP contribution in [0.2, 0.25) is 0 Å². The minimum absolute atomic E-state index is 0.0213. The van der Waals surface area contributed by atoms with E-state index in [0.29, 0.717) is 17.1 Å². The van der Waals surface area contributed by atoms with Crippen molar-refractivity contribution >= 4 is 22.0 Å². The van der Waals surface area contributed by atoms with Crippen molar-refractivity contribution < 1.29 is 27.5 Å². The fraction of sp³-hybridized carbons (Fsp3) is 0.235. The Morgan fingerprint density at radius 3 is 2.00 bits per heavy atom. The minimum Gasteiger partial charge on any atom is -0.493 e. The molecule has 9 nitrogen and oxygen atoms in total. The Kier molecular flexibility index (Phi) is 9.32. The van der Waals surface area contributed by atoms with Gasteiger partial charge in [-0.25, -0.2) is 4.72 Å². The Hall–Kier alpha value is -4.67. The molecule has 1 N–H and O–H groups in total. The first-order chi connectivity index (χ1) is 21.2. The van der Waals surface area contributed by atoms with Crippen molar-refractivity contribution in [2.24, 2.45) is 0 Å². The van der Waals surface area contributed by atoms with Gasteiger partial charge in [0.1, 0.15) is 12.6 Å². The molecule has 1 atom stereocenters. The number of hydrogen-bond donors (Lipinski definition) is 1. The molecule has 1 aliphatic heterocycles. The number of carbonyl (C=O) groups excluding carboxylic acids is 2. The zero-order chi connectivity index (χ0) is 31.3. The van der Waals surface area contributed by atoms with Crippen molar-refractivity contribution in [3.8, 4) is 11.5 Å². The molecule has 1 aliphatic rings. The summed E-state index contributed by atoms with van der Waals surface area (Å²) in [5, 5.41) is 0. The molecule has 2 amide bonds. The van der Waals surface area contributed by atoms with Crippen LogP contribution in [0.3, 0.4) is 0 Å². The van der Waals surface area contributed by atoms with E-state index in [9.17, 15) is 18.0 Å². The zero-order valence-corrected chi connectivity index (χ0v) is 25.7. The van der Waals surface area contributed by atoms with E-state index in [1.54, 1.807) is 6.07 Å². The molecule has 1 unspecified atom stereocenters. The number of hydrogen-bond acceptors (Lipinski definition) is 6. The Bertz CT molecular complexity index is 1670. The fourth-order valence-corrected chi connectivity index (χ4v) is 5.92. The molecule has 228 valence electrons. The SMILES string of the molecule is COc1ccc2c(c1OCc1ccccc1)CC(C(=O)NS(=O)(=O)N(C)C)N(C(=O)C(c1ccccc1)c1ccccc1)C2. The first-order valence-corrected chi connectivity index (χ1v) is 15.6. The Morgan fingerprint density at radius 1 is 0.886 bits per heavy atom. The van der Waals surface area contributed by atoms with Crippen molar-refractivity contribution in [3.63, 3.8) is 0 Å². The summed E-state index contributed by atoms with van der Waals surface area (Å²) in [5.41, 5.74) is 3.93. The third-order valence-corrected chi connectivity index (χ3v) is 9.11. The van der Waals surface area contributed by atoms with Crippen LogP contribution in [0.25, 0.3) is 0 Å². The van der Waals surface area contributed by atoms with Crippen LogP contribution in [0.15, 0.2) is 103 Å². The lowest BCUT2D eigenvalue weighted by Gasteiger charge is -2.39. The predicted molar refractivity (Wildman–Crippen MR) is 167 cm³/mol. The summed E-state index contributed by atoms with van der Waals surface area (Å²) in [6.45, 7) is 0.322. The van der Waals surface area contributed by atoms with E-state index in [1.165, 1.54) is 26.1 Å². The maximum absolute atomic E-state index is 14.6. The van der Waals surface area contributed by atoms with Gasteiger partial charge in [-0.1, -0.05) is 97.1 Å². The molecule has 0 radical (unpaired) electrons. The highest BCUT2D eigenvalue weighted by molar-refractivity contribution is 7.87. The van der Waals surface area contributed by atoms with Gasteiger partial charge in [0.15, 0.2) is 11.5 Å². The van der Waals surface area contributed by atoms with E-state index < -0.39 is 28.1 Å². The first kappa shape index (κ1) is 30.8. The molecule has 4 aromatic rings. The van der Waals surface area contributed by atoms with Crippen LogP contribution in [-0.4, -0.2) is 56.7 Å². The standard InChI is InChI=1S/C34H35N3O6S/c1-36(2)44(40,41)35-33(38)29-21-28-27(19-20-30(42-3)32(28)43-23-24-13-7-4-8-14-24)22-37(29)34(39)31(25-15-9-5-10-16-25)26-17-11-6-12-18-26/h4-20,29,31H,21-23H2,1-3H3,(H,35,38). The number of ether oxygens (including phenoxy) is 2. The van der Waals surface area contributed by atoms with Gasteiger partial charge in [-0.2, -0.15) is 12.7 Å². The molecule has 0 saturated carbocycles. The summed E-state index contributed by atoms with van der Waals surface area (Å²) in [6.07, 6.45) is 0.0213. The number of amides is 2. The Morgan fingerprint density at radius 2 is 1.45 bits per heavy atom. The zero-order valence-electron chi connectivity index (χ0n) is 24.8. The second-order valence-electron chi connectivity index (χ2n) is 10.7. The van der Waals surface area contributed by atoms with Crippen molar-refractivity contribution in [1.29, 1.82) is 0 Å². The molecule has 1 heterocycles. The number of methoxy groups -OCH3 is 1. The van der Waals surface area contributed by atoms with E-state index >= 15 is 0 Å². The van der Waals surface area contributed by atoms with Crippen molar-refractivity contribution in [3.05, 3.63) is 131 Å². The van der Waals surface area contributed by atoms with Crippen molar-refractivity contribution in [2.45, 2.75) is 31.5 Å². The van der Waals surface area contributed by atoms with Gasteiger partial charge in [0.25, 0.3) is 5.91 Å². The van der Waals surface area contributed by atoms with Crippen LogP contribution in [0.1, 0.15) is 33.7 Å². The number of benzene rings is 4. The van der Waals surface area contributed by atoms with Crippen molar-refractivity contribution in [2.75, 3.05) is 21.2 Å². The fourth-order valence-electron chi connectivity index (χ4n) is 5.35. The van der Waals surface area contributed by atoms with Gasteiger partial charge in [0.05, 0.1) is 13.0 Å². The summed E-state index contributed by atoms with van der Waals surface area (Å²) in [5.74, 6) is -0.915. The quantitative estimate of drug-likeness (QED) is 0.286. The van der Waals surface area contributed by atoms with Crippen LogP contribution in [0.4, 0.5) is 0 Å². The largest absolute Gasteiger partial charge is 0.493 e.